The zero-order valence-electron chi connectivity index (χ0n) is 17.3. The van der Waals surface area contributed by atoms with Crippen LogP contribution >= 0.6 is 0 Å². The third-order valence-corrected chi connectivity index (χ3v) is 10.3. The van der Waals surface area contributed by atoms with Crippen LogP contribution in [-0.4, -0.2) is 25.0 Å². The number of hydrogen-bond donors (Lipinski definition) is 0. The summed E-state index contributed by atoms with van der Waals surface area (Å²) in [5, 5.41) is -0.0482. The van der Waals surface area contributed by atoms with Crippen LogP contribution in [0.4, 0.5) is 8.78 Å². The van der Waals surface area contributed by atoms with Crippen LogP contribution in [0.1, 0.15) is 52.6 Å². The second-order valence-corrected chi connectivity index (χ2v) is 13.6. The van der Waals surface area contributed by atoms with E-state index in [1.54, 1.807) is 24.3 Å². The van der Waals surface area contributed by atoms with Gasteiger partial charge in [-0.2, -0.15) is 0 Å². The predicted octanol–water partition coefficient (Wildman–Crippen LogP) is 5.28. The number of hydrogen-bond acceptors (Lipinski definition) is 3. The molecule has 0 spiro atoms. The van der Waals surface area contributed by atoms with Gasteiger partial charge in [0.15, 0.2) is 20.0 Å². The van der Waals surface area contributed by atoms with E-state index in [4.69, 9.17) is 4.43 Å². The first-order valence-electron chi connectivity index (χ1n) is 9.49. The quantitative estimate of drug-likeness (QED) is 0.491. The van der Waals surface area contributed by atoms with Crippen molar-refractivity contribution in [2.45, 2.75) is 52.1 Å². The first-order valence-corrected chi connectivity index (χ1v) is 12.4. The lowest BCUT2D eigenvalue weighted by atomic mass is 10.1. The second kappa shape index (κ2) is 7.46. The Morgan fingerprint density at radius 1 is 0.897 bits per heavy atom. The molecule has 0 atom stereocenters. The van der Waals surface area contributed by atoms with Crippen LogP contribution in [0.2, 0.25) is 18.1 Å². The van der Waals surface area contributed by atoms with Crippen molar-refractivity contribution in [1.29, 1.82) is 0 Å². The minimum Gasteiger partial charge on any atom is -0.412 e. The summed E-state index contributed by atoms with van der Waals surface area (Å²) in [5.41, 5.74) is 0.627. The highest BCUT2D eigenvalue weighted by Crippen LogP contribution is 2.37. The van der Waals surface area contributed by atoms with Gasteiger partial charge in [-0.1, -0.05) is 45.0 Å². The summed E-state index contributed by atoms with van der Waals surface area (Å²) in [6, 6.07) is 9.28. The Morgan fingerprint density at radius 2 is 1.38 bits per heavy atom. The van der Waals surface area contributed by atoms with Crippen molar-refractivity contribution in [2.75, 3.05) is 0 Å². The molecule has 2 aromatic rings. The molecule has 0 radical (unpaired) electrons. The molecule has 0 fully saturated rings. The summed E-state index contributed by atoms with van der Waals surface area (Å²) in [6.45, 7) is 9.95. The van der Waals surface area contributed by atoms with Gasteiger partial charge >= 0.3 is 0 Å². The van der Waals surface area contributed by atoms with E-state index in [1.165, 1.54) is 12.1 Å². The predicted molar refractivity (Wildman–Crippen MR) is 109 cm³/mol. The van der Waals surface area contributed by atoms with Crippen LogP contribution in [0.5, 0.6) is 0 Å². The minimum absolute atomic E-state index is 0.0213. The zero-order valence-corrected chi connectivity index (χ0v) is 18.3. The summed E-state index contributed by atoms with van der Waals surface area (Å²) in [7, 11) is -2.11. The molecular formula is C22H25F2NO3Si. The summed E-state index contributed by atoms with van der Waals surface area (Å²) in [5.74, 6) is -3.07. The number of fused-ring (bicyclic) bond motifs is 1. The summed E-state index contributed by atoms with van der Waals surface area (Å²) in [4.78, 5) is 25.8. The molecule has 4 nitrogen and oxygen atoms in total. The van der Waals surface area contributed by atoms with Crippen LogP contribution in [-0.2, 0) is 17.6 Å². The van der Waals surface area contributed by atoms with Crippen LogP contribution in [0, 0.1) is 11.6 Å². The highest BCUT2D eigenvalue weighted by molar-refractivity contribution is 6.74. The number of rotatable bonds is 5. The maximum Gasteiger partial charge on any atom is 0.261 e. The fourth-order valence-electron chi connectivity index (χ4n) is 2.89. The maximum atomic E-state index is 14.7. The van der Waals surface area contributed by atoms with Gasteiger partial charge in [0.2, 0.25) is 0 Å². The molecule has 0 saturated carbocycles. The highest BCUT2D eigenvalue weighted by atomic mass is 28.4. The Morgan fingerprint density at radius 3 is 1.90 bits per heavy atom. The number of carbonyl (C=O) groups excluding carboxylic acids is 2. The molecule has 154 valence electrons. The molecule has 1 heterocycles. The Labute approximate surface area is 170 Å². The van der Waals surface area contributed by atoms with Crippen molar-refractivity contribution in [3.63, 3.8) is 0 Å². The Hall–Kier alpha value is -2.38. The van der Waals surface area contributed by atoms with Gasteiger partial charge in [-0.25, -0.2) is 8.78 Å². The van der Waals surface area contributed by atoms with E-state index in [2.05, 4.69) is 20.8 Å². The number of nitrogens with zero attached hydrogens (tertiary/aromatic N) is 1. The van der Waals surface area contributed by atoms with Crippen LogP contribution < -0.4 is 0 Å². The maximum absolute atomic E-state index is 14.7. The monoisotopic (exact) mass is 417 g/mol. The van der Waals surface area contributed by atoms with Crippen molar-refractivity contribution in [2.24, 2.45) is 0 Å². The molecule has 29 heavy (non-hydrogen) atoms. The zero-order chi connectivity index (χ0) is 21.6. The van der Waals surface area contributed by atoms with Crippen molar-refractivity contribution in [3.05, 3.63) is 70.3 Å². The summed E-state index contributed by atoms with van der Waals surface area (Å²) in [6.07, 6.45) is 0. The minimum atomic E-state index is -2.11. The van der Waals surface area contributed by atoms with Gasteiger partial charge < -0.3 is 4.43 Å². The smallest absolute Gasteiger partial charge is 0.261 e. The Bertz CT molecular complexity index is 948. The lowest BCUT2D eigenvalue weighted by Gasteiger charge is -2.36. The van der Waals surface area contributed by atoms with Crippen molar-refractivity contribution in [1.82, 2.24) is 4.90 Å². The molecule has 0 aromatic heterocycles. The van der Waals surface area contributed by atoms with E-state index < -0.39 is 31.8 Å². The number of halogens is 2. The van der Waals surface area contributed by atoms with E-state index >= 15 is 0 Å². The third kappa shape index (κ3) is 3.89. The average Bonchev–Trinajstić information content (AvgIpc) is 2.89. The van der Waals surface area contributed by atoms with E-state index in [-0.39, 0.29) is 40.4 Å². The molecule has 0 saturated heterocycles. The molecule has 3 rings (SSSR count). The standard InChI is InChI=1S/C22H25F2NO3Si/c1-22(2,3)29(4,5)28-13-15-11-10-14(18(23)19(15)24)12-25-20(26)16-8-6-7-9-17(16)21(25)27/h6-11H,12-13H2,1-5H3. The molecule has 2 aromatic carbocycles. The van der Waals surface area contributed by atoms with Gasteiger partial charge in [-0.05, 0) is 30.3 Å². The van der Waals surface area contributed by atoms with E-state index in [0.29, 0.717) is 0 Å². The highest BCUT2D eigenvalue weighted by Gasteiger charge is 2.38. The number of carbonyl (C=O) groups is 2. The van der Waals surface area contributed by atoms with E-state index in [0.717, 1.165) is 4.90 Å². The topological polar surface area (TPSA) is 46.6 Å². The van der Waals surface area contributed by atoms with Crippen LogP contribution in [0.3, 0.4) is 0 Å². The molecule has 2 amide bonds. The van der Waals surface area contributed by atoms with Crippen molar-refractivity contribution in [3.8, 4) is 0 Å². The van der Waals surface area contributed by atoms with Crippen molar-refractivity contribution < 1.29 is 22.8 Å². The molecule has 1 aliphatic heterocycles. The van der Waals surface area contributed by atoms with E-state index in [9.17, 15) is 18.4 Å². The lowest BCUT2D eigenvalue weighted by Crippen LogP contribution is -2.40. The first-order chi connectivity index (χ1) is 13.4. The molecule has 7 heteroatoms. The fraction of sp³-hybridized carbons (Fsp3) is 0.364. The molecule has 0 unspecified atom stereocenters. The van der Waals surface area contributed by atoms with Gasteiger partial charge in [0.1, 0.15) is 0 Å². The van der Waals surface area contributed by atoms with Crippen LogP contribution in [0.15, 0.2) is 36.4 Å². The van der Waals surface area contributed by atoms with E-state index in [1.807, 2.05) is 13.1 Å². The molecule has 0 aliphatic carbocycles. The normalized spacial score (nSPS) is 14.5. The Balaban J connectivity index is 1.79. The SMILES string of the molecule is CC(C)(C)[Si](C)(C)OCc1ccc(CN2C(=O)c3ccccc3C2=O)c(F)c1F. The third-order valence-electron chi connectivity index (χ3n) is 5.84. The van der Waals surface area contributed by atoms with Gasteiger partial charge in [-0.15, -0.1) is 0 Å². The number of amides is 2. The molecule has 1 aliphatic rings. The van der Waals surface area contributed by atoms with Crippen LogP contribution in [0.25, 0.3) is 0 Å². The fourth-order valence-corrected chi connectivity index (χ4v) is 3.84. The van der Waals surface area contributed by atoms with Crippen molar-refractivity contribution >= 4 is 20.1 Å². The van der Waals surface area contributed by atoms with Gasteiger partial charge in [0, 0.05) is 11.1 Å². The van der Waals surface area contributed by atoms with Gasteiger partial charge in [0.25, 0.3) is 11.8 Å². The number of imide groups is 1. The number of benzene rings is 2. The molecule has 0 N–H and O–H groups in total. The summed E-state index contributed by atoms with van der Waals surface area (Å²) < 4.78 is 35.3. The lowest BCUT2D eigenvalue weighted by molar-refractivity contribution is 0.0640. The summed E-state index contributed by atoms with van der Waals surface area (Å²) >= 11 is 0. The second-order valence-electron chi connectivity index (χ2n) is 8.80. The van der Waals surface area contributed by atoms with Gasteiger partial charge in [0.05, 0.1) is 24.3 Å². The average molecular weight is 418 g/mol. The molecular weight excluding hydrogens is 392 g/mol. The van der Waals surface area contributed by atoms with Gasteiger partial charge in [-0.3, -0.25) is 14.5 Å². The largest absolute Gasteiger partial charge is 0.412 e. The first kappa shape index (κ1) is 21.3. The Kier molecular flexibility index (Phi) is 5.49. The molecule has 0 bridgehead atoms.